The normalized spacial score (nSPS) is 11.6. The smallest absolute Gasteiger partial charge is 0.338 e. The highest BCUT2D eigenvalue weighted by Gasteiger charge is 2.29. The van der Waals surface area contributed by atoms with E-state index in [9.17, 15) is 0 Å². The lowest BCUT2D eigenvalue weighted by molar-refractivity contribution is 0.176. The molecule has 0 saturated carbocycles. The summed E-state index contributed by atoms with van der Waals surface area (Å²) in [6.45, 7) is 11.7. The topological polar surface area (TPSA) is 18.5 Å². The van der Waals surface area contributed by atoms with Crippen molar-refractivity contribution in [3.63, 3.8) is 0 Å². The molecule has 0 saturated heterocycles. The van der Waals surface area contributed by atoms with E-state index in [1.165, 1.54) is 0 Å². The summed E-state index contributed by atoms with van der Waals surface area (Å²) in [6.07, 6.45) is 4.00. The van der Waals surface area contributed by atoms with Crippen LogP contribution in [0.25, 0.3) is 0 Å². The molecule has 0 N–H and O–H groups in total. The van der Waals surface area contributed by atoms with E-state index in [0.717, 1.165) is 32.1 Å². The Bertz CT molecular complexity index is 129. The average molecular weight is 202 g/mol. The van der Waals surface area contributed by atoms with Crippen LogP contribution in [-0.2, 0) is 8.85 Å². The zero-order chi connectivity index (χ0) is 10.2. The van der Waals surface area contributed by atoms with Crippen LogP contribution in [0, 0.1) is 0 Å². The van der Waals surface area contributed by atoms with Crippen LogP contribution in [0.2, 0.25) is 12.6 Å². The molecule has 2 nitrogen and oxygen atoms in total. The first kappa shape index (κ1) is 12.9. The monoisotopic (exact) mass is 202 g/mol. The van der Waals surface area contributed by atoms with Crippen LogP contribution < -0.4 is 0 Å². The summed E-state index contributed by atoms with van der Waals surface area (Å²) in [5, 5.41) is 0. The fourth-order valence-electron chi connectivity index (χ4n) is 1.06. The second-order valence-electron chi connectivity index (χ2n) is 3.32. The minimum absolute atomic E-state index is 0.806. The van der Waals surface area contributed by atoms with Crippen molar-refractivity contribution in [1.29, 1.82) is 0 Å². The Morgan fingerprint density at radius 1 is 1.15 bits per heavy atom. The highest BCUT2D eigenvalue weighted by molar-refractivity contribution is 6.66. The van der Waals surface area contributed by atoms with E-state index in [1.54, 1.807) is 0 Å². The van der Waals surface area contributed by atoms with Crippen molar-refractivity contribution in [2.75, 3.05) is 13.2 Å². The molecule has 0 fully saturated rings. The Morgan fingerprint density at radius 2 is 1.62 bits per heavy atom. The summed E-state index contributed by atoms with van der Waals surface area (Å²) < 4.78 is 11.5. The highest BCUT2D eigenvalue weighted by Crippen LogP contribution is 2.14. The third kappa shape index (κ3) is 6.02. The SMILES string of the molecule is C=CC[Si](C)(OCCC)OCCC. The van der Waals surface area contributed by atoms with Gasteiger partial charge in [-0.25, -0.2) is 0 Å². The van der Waals surface area contributed by atoms with Crippen LogP contribution in [0.15, 0.2) is 12.7 Å². The van der Waals surface area contributed by atoms with Crippen molar-refractivity contribution < 1.29 is 8.85 Å². The number of allylic oxidation sites excluding steroid dienone is 1. The molecule has 0 aromatic heterocycles. The van der Waals surface area contributed by atoms with Crippen molar-refractivity contribution in [1.82, 2.24) is 0 Å². The molecular formula is C10H22O2Si. The van der Waals surface area contributed by atoms with Gasteiger partial charge in [0.05, 0.1) is 0 Å². The van der Waals surface area contributed by atoms with Crippen molar-refractivity contribution in [3.05, 3.63) is 12.7 Å². The molecule has 0 rings (SSSR count). The van der Waals surface area contributed by atoms with Crippen molar-refractivity contribution in [2.45, 2.75) is 39.3 Å². The van der Waals surface area contributed by atoms with Gasteiger partial charge in [0.15, 0.2) is 0 Å². The van der Waals surface area contributed by atoms with Gasteiger partial charge in [-0.1, -0.05) is 19.9 Å². The van der Waals surface area contributed by atoms with Gasteiger partial charge in [0.25, 0.3) is 0 Å². The lowest BCUT2D eigenvalue weighted by atomic mass is 10.5. The van der Waals surface area contributed by atoms with Gasteiger partial charge in [0, 0.05) is 19.3 Å². The lowest BCUT2D eigenvalue weighted by Crippen LogP contribution is -2.38. The van der Waals surface area contributed by atoms with Crippen LogP contribution in [0.4, 0.5) is 0 Å². The van der Waals surface area contributed by atoms with Gasteiger partial charge in [-0.3, -0.25) is 0 Å². The summed E-state index contributed by atoms with van der Waals surface area (Å²) in [6, 6.07) is 0.882. The molecule has 0 aromatic carbocycles. The molecular weight excluding hydrogens is 180 g/mol. The molecule has 0 amide bonds. The van der Waals surface area contributed by atoms with E-state index >= 15 is 0 Å². The molecule has 0 aromatic rings. The Kier molecular flexibility index (Phi) is 7.23. The lowest BCUT2D eigenvalue weighted by Gasteiger charge is -2.25. The fourth-order valence-corrected chi connectivity index (χ4v) is 3.17. The molecule has 0 unspecified atom stereocenters. The Labute approximate surface area is 83.2 Å². The number of rotatable bonds is 8. The molecule has 0 spiro atoms. The largest absolute Gasteiger partial charge is 0.394 e. The average Bonchev–Trinajstić information content (AvgIpc) is 2.12. The van der Waals surface area contributed by atoms with Crippen molar-refractivity contribution in [3.8, 4) is 0 Å². The number of hydrogen-bond donors (Lipinski definition) is 0. The predicted octanol–water partition coefficient (Wildman–Crippen LogP) is 3.10. The summed E-state index contributed by atoms with van der Waals surface area (Å²) in [5.41, 5.74) is 0. The van der Waals surface area contributed by atoms with E-state index < -0.39 is 8.56 Å². The highest BCUT2D eigenvalue weighted by atomic mass is 28.4. The molecule has 3 heteroatoms. The van der Waals surface area contributed by atoms with E-state index in [1.807, 2.05) is 6.08 Å². The first-order chi connectivity index (χ1) is 6.18. The second kappa shape index (κ2) is 7.30. The number of hydrogen-bond acceptors (Lipinski definition) is 2. The summed E-state index contributed by atoms with van der Waals surface area (Å²) in [7, 11) is -1.91. The maximum absolute atomic E-state index is 5.77. The summed E-state index contributed by atoms with van der Waals surface area (Å²) >= 11 is 0. The van der Waals surface area contributed by atoms with Gasteiger partial charge in [0.2, 0.25) is 0 Å². The van der Waals surface area contributed by atoms with Crippen molar-refractivity contribution >= 4 is 8.56 Å². The molecule has 0 aliphatic rings. The van der Waals surface area contributed by atoms with Crippen LogP contribution in [0.3, 0.4) is 0 Å². The quantitative estimate of drug-likeness (QED) is 0.445. The molecule has 0 atom stereocenters. The van der Waals surface area contributed by atoms with E-state index in [-0.39, 0.29) is 0 Å². The molecule has 0 radical (unpaired) electrons. The van der Waals surface area contributed by atoms with Gasteiger partial charge in [-0.15, -0.1) is 6.58 Å². The van der Waals surface area contributed by atoms with Crippen LogP contribution in [0.5, 0.6) is 0 Å². The van der Waals surface area contributed by atoms with Crippen LogP contribution in [-0.4, -0.2) is 21.8 Å². The third-order valence-corrected chi connectivity index (χ3v) is 4.40. The molecule has 13 heavy (non-hydrogen) atoms. The van der Waals surface area contributed by atoms with E-state index in [0.29, 0.717) is 0 Å². The van der Waals surface area contributed by atoms with Gasteiger partial charge < -0.3 is 8.85 Å². The van der Waals surface area contributed by atoms with Gasteiger partial charge in [-0.2, -0.15) is 0 Å². The standard InChI is InChI=1S/C10H22O2Si/c1-5-8-11-13(4,10-7-3)12-9-6-2/h7H,3,5-6,8-10H2,1-2,4H3. The Balaban J connectivity index is 3.90. The second-order valence-corrected chi connectivity index (χ2v) is 6.58. The van der Waals surface area contributed by atoms with Gasteiger partial charge in [0.1, 0.15) is 0 Å². The van der Waals surface area contributed by atoms with E-state index in [2.05, 4.69) is 27.0 Å². The Morgan fingerprint density at radius 3 is 1.92 bits per heavy atom. The summed E-state index contributed by atoms with van der Waals surface area (Å²) in [4.78, 5) is 0. The van der Waals surface area contributed by atoms with E-state index in [4.69, 9.17) is 8.85 Å². The molecule has 0 heterocycles. The van der Waals surface area contributed by atoms with Gasteiger partial charge in [-0.05, 0) is 19.4 Å². The molecule has 0 bridgehead atoms. The third-order valence-electron chi connectivity index (χ3n) is 1.74. The van der Waals surface area contributed by atoms with Crippen molar-refractivity contribution in [2.24, 2.45) is 0 Å². The summed E-state index contributed by atoms with van der Waals surface area (Å²) in [5.74, 6) is 0. The minimum atomic E-state index is -1.91. The zero-order valence-electron chi connectivity index (χ0n) is 9.14. The van der Waals surface area contributed by atoms with Gasteiger partial charge >= 0.3 is 8.56 Å². The minimum Gasteiger partial charge on any atom is -0.394 e. The fraction of sp³-hybridized carbons (Fsp3) is 0.800. The maximum atomic E-state index is 5.77. The van der Waals surface area contributed by atoms with Crippen LogP contribution in [0.1, 0.15) is 26.7 Å². The molecule has 78 valence electrons. The first-order valence-corrected chi connectivity index (χ1v) is 7.59. The predicted molar refractivity (Wildman–Crippen MR) is 59.1 cm³/mol. The molecule has 0 aliphatic heterocycles. The zero-order valence-corrected chi connectivity index (χ0v) is 10.1. The Hall–Kier alpha value is -0.123. The molecule has 0 aliphatic carbocycles. The first-order valence-electron chi connectivity index (χ1n) is 5.07. The maximum Gasteiger partial charge on any atom is 0.338 e. The van der Waals surface area contributed by atoms with Crippen LogP contribution >= 0.6 is 0 Å².